The molecule has 132 valence electrons. The van der Waals surface area contributed by atoms with Gasteiger partial charge >= 0.3 is 0 Å². The zero-order valence-electron chi connectivity index (χ0n) is 14.7. The summed E-state index contributed by atoms with van der Waals surface area (Å²) in [5.74, 6) is 1.59. The third-order valence-corrected chi connectivity index (χ3v) is 5.13. The summed E-state index contributed by atoms with van der Waals surface area (Å²) in [6.45, 7) is 2.69. The number of hydrogen-bond acceptors (Lipinski definition) is 5. The maximum atomic E-state index is 13.0. The smallest absolute Gasteiger partial charge is 0.244 e. The fraction of sp³-hybridized carbons (Fsp3) is 0.611. The van der Waals surface area contributed by atoms with Crippen LogP contribution in [0.15, 0.2) is 18.2 Å². The van der Waals surface area contributed by atoms with E-state index in [-0.39, 0.29) is 11.9 Å². The van der Waals surface area contributed by atoms with E-state index >= 15 is 0 Å². The van der Waals surface area contributed by atoms with E-state index in [1.165, 1.54) is 6.42 Å². The third-order valence-electron chi connectivity index (χ3n) is 5.13. The number of carbonyl (C=O) groups excluding carboxylic acids is 1. The molecule has 1 aromatic carbocycles. The van der Waals surface area contributed by atoms with E-state index in [1.807, 2.05) is 30.1 Å². The molecule has 2 aliphatic rings. The number of likely N-dealkylation sites (N-methyl/N-ethyl adjacent to an activating group) is 1. The van der Waals surface area contributed by atoms with E-state index in [0.29, 0.717) is 17.5 Å². The summed E-state index contributed by atoms with van der Waals surface area (Å²) >= 11 is 0. The zero-order chi connectivity index (χ0) is 17.1. The fourth-order valence-electron chi connectivity index (χ4n) is 3.73. The second-order valence-corrected chi connectivity index (χ2v) is 6.49. The van der Waals surface area contributed by atoms with Gasteiger partial charge in [0.25, 0.3) is 0 Å². The highest BCUT2D eigenvalue weighted by Crippen LogP contribution is 2.32. The van der Waals surface area contributed by atoms with Gasteiger partial charge in [0.2, 0.25) is 5.91 Å². The molecule has 2 atom stereocenters. The van der Waals surface area contributed by atoms with Gasteiger partial charge < -0.3 is 19.7 Å². The standard InChI is InChI=1S/C18H27N3O3/c1-19-13-5-4-7-20(12-13)17-6-8-21(18(17)22)14-9-15(23-2)11-16(10-14)24-3/h9-11,13,17,19H,4-8,12H2,1-3H3. The number of rotatable bonds is 5. The average molecular weight is 333 g/mol. The lowest BCUT2D eigenvalue weighted by atomic mass is 10.0. The fourth-order valence-corrected chi connectivity index (χ4v) is 3.73. The van der Waals surface area contributed by atoms with Crippen molar-refractivity contribution >= 4 is 11.6 Å². The van der Waals surface area contributed by atoms with Crippen LogP contribution in [0.2, 0.25) is 0 Å². The molecule has 2 heterocycles. The minimum atomic E-state index is -0.0154. The molecule has 0 aromatic heterocycles. The molecule has 0 bridgehead atoms. The molecular weight excluding hydrogens is 306 g/mol. The van der Waals surface area contributed by atoms with Crippen LogP contribution in [0.5, 0.6) is 11.5 Å². The molecule has 1 amide bonds. The van der Waals surface area contributed by atoms with E-state index in [1.54, 1.807) is 14.2 Å². The quantitative estimate of drug-likeness (QED) is 0.885. The molecule has 1 N–H and O–H groups in total. The molecule has 0 saturated carbocycles. The van der Waals surface area contributed by atoms with Crippen molar-refractivity contribution in [2.24, 2.45) is 0 Å². The number of carbonyl (C=O) groups is 1. The molecule has 0 spiro atoms. The molecule has 2 fully saturated rings. The summed E-state index contributed by atoms with van der Waals surface area (Å²) in [5.41, 5.74) is 0.848. The highest BCUT2D eigenvalue weighted by atomic mass is 16.5. The summed E-state index contributed by atoms with van der Waals surface area (Å²) in [5, 5.41) is 3.35. The SMILES string of the molecule is CNC1CCCN(C2CCN(c3cc(OC)cc(OC)c3)C2=O)C1. The highest BCUT2D eigenvalue weighted by molar-refractivity contribution is 5.99. The Labute approximate surface area is 143 Å². The molecule has 0 radical (unpaired) electrons. The number of likely N-dealkylation sites (tertiary alicyclic amines) is 1. The van der Waals surface area contributed by atoms with Crippen LogP contribution in [-0.4, -0.2) is 63.8 Å². The first-order chi connectivity index (χ1) is 11.7. The van der Waals surface area contributed by atoms with Crippen molar-refractivity contribution < 1.29 is 14.3 Å². The van der Waals surface area contributed by atoms with Gasteiger partial charge in [-0.25, -0.2) is 0 Å². The monoisotopic (exact) mass is 333 g/mol. The van der Waals surface area contributed by atoms with Gasteiger partial charge in [-0.15, -0.1) is 0 Å². The minimum absolute atomic E-state index is 0.0154. The lowest BCUT2D eigenvalue weighted by Gasteiger charge is -2.35. The Morgan fingerprint density at radius 2 is 1.79 bits per heavy atom. The first kappa shape index (κ1) is 17.0. The van der Waals surface area contributed by atoms with E-state index < -0.39 is 0 Å². The molecule has 2 unspecified atom stereocenters. The van der Waals surface area contributed by atoms with Gasteiger partial charge in [0, 0.05) is 37.3 Å². The van der Waals surface area contributed by atoms with E-state index in [2.05, 4.69) is 10.2 Å². The molecular formula is C18H27N3O3. The number of methoxy groups -OCH3 is 2. The summed E-state index contributed by atoms with van der Waals surface area (Å²) in [6.07, 6.45) is 3.20. The Balaban J connectivity index is 1.76. The van der Waals surface area contributed by atoms with Gasteiger partial charge in [0.05, 0.1) is 25.9 Å². The second kappa shape index (κ2) is 7.40. The lowest BCUT2D eigenvalue weighted by Crippen LogP contribution is -2.51. The van der Waals surface area contributed by atoms with Crippen LogP contribution in [0.25, 0.3) is 0 Å². The number of benzene rings is 1. The molecule has 1 aromatic rings. The molecule has 0 aliphatic carbocycles. The molecule has 24 heavy (non-hydrogen) atoms. The van der Waals surface area contributed by atoms with Crippen LogP contribution in [0.1, 0.15) is 19.3 Å². The van der Waals surface area contributed by atoms with Crippen molar-refractivity contribution in [2.45, 2.75) is 31.3 Å². The largest absolute Gasteiger partial charge is 0.497 e. The summed E-state index contributed by atoms with van der Waals surface area (Å²) in [6, 6.07) is 6.09. The number of amides is 1. The van der Waals surface area contributed by atoms with Crippen LogP contribution < -0.4 is 19.7 Å². The van der Waals surface area contributed by atoms with Crippen LogP contribution >= 0.6 is 0 Å². The van der Waals surface area contributed by atoms with Gasteiger partial charge in [-0.1, -0.05) is 0 Å². The number of hydrogen-bond donors (Lipinski definition) is 1. The normalized spacial score (nSPS) is 25.1. The van der Waals surface area contributed by atoms with Gasteiger partial charge in [-0.2, -0.15) is 0 Å². The Morgan fingerprint density at radius 1 is 1.08 bits per heavy atom. The first-order valence-electron chi connectivity index (χ1n) is 8.62. The van der Waals surface area contributed by atoms with Gasteiger partial charge in [-0.05, 0) is 32.9 Å². The predicted octanol–water partition coefficient (Wildman–Crippen LogP) is 1.49. The van der Waals surface area contributed by atoms with E-state index in [9.17, 15) is 4.79 Å². The average Bonchev–Trinajstić information content (AvgIpc) is 3.02. The van der Waals surface area contributed by atoms with Crippen LogP contribution in [0.3, 0.4) is 0 Å². The summed E-state index contributed by atoms with van der Waals surface area (Å²) in [7, 11) is 5.25. The van der Waals surface area contributed by atoms with Crippen molar-refractivity contribution in [2.75, 3.05) is 45.8 Å². The molecule has 2 aliphatic heterocycles. The second-order valence-electron chi connectivity index (χ2n) is 6.49. The zero-order valence-corrected chi connectivity index (χ0v) is 14.7. The van der Waals surface area contributed by atoms with Crippen LogP contribution in [-0.2, 0) is 4.79 Å². The topological polar surface area (TPSA) is 54.0 Å². The van der Waals surface area contributed by atoms with Crippen molar-refractivity contribution in [1.82, 2.24) is 10.2 Å². The Morgan fingerprint density at radius 3 is 2.42 bits per heavy atom. The predicted molar refractivity (Wildman–Crippen MR) is 94.0 cm³/mol. The van der Waals surface area contributed by atoms with Crippen molar-refractivity contribution in [1.29, 1.82) is 0 Å². The Hall–Kier alpha value is -1.79. The summed E-state index contributed by atoms with van der Waals surface area (Å²) < 4.78 is 10.7. The maximum absolute atomic E-state index is 13.0. The van der Waals surface area contributed by atoms with E-state index in [0.717, 1.165) is 38.2 Å². The van der Waals surface area contributed by atoms with Crippen molar-refractivity contribution in [3.8, 4) is 11.5 Å². The molecule has 2 saturated heterocycles. The third kappa shape index (κ3) is 3.35. The van der Waals surface area contributed by atoms with Crippen LogP contribution in [0, 0.1) is 0 Å². The van der Waals surface area contributed by atoms with Gasteiger partial charge in [0.15, 0.2) is 0 Å². The molecule has 6 heteroatoms. The molecule has 6 nitrogen and oxygen atoms in total. The number of anilines is 1. The van der Waals surface area contributed by atoms with Crippen molar-refractivity contribution in [3.63, 3.8) is 0 Å². The lowest BCUT2D eigenvalue weighted by molar-refractivity contribution is -0.122. The van der Waals surface area contributed by atoms with Gasteiger partial charge in [0.1, 0.15) is 11.5 Å². The number of ether oxygens (including phenoxy) is 2. The number of nitrogens with zero attached hydrogens (tertiary/aromatic N) is 2. The van der Waals surface area contributed by atoms with Crippen molar-refractivity contribution in [3.05, 3.63) is 18.2 Å². The van der Waals surface area contributed by atoms with Crippen LogP contribution in [0.4, 0.5) is 5.69 Å². The minimum Gasteiger partial charge on any atom is -0.497 e. The maximum Gasteiger partial charge on any atom is 0.244 e. The highest BCUT2D eigenvalue weighted by Gasteiger charge is 2.38. The summed E-state index contributed by atoms with van der Waals surface area (Å²) in [4.78, 5) is 17.2. The molecule has 3 rings (SSSR count). The Bertz CT molecular complexity index is 571. The Kier molecular flexibility index (Phi) is 5.26. The van der Waals surface area contributed by atoms with E-state index in [4.69, 9.17) is 9.47 Å². The van der Waals surface area contributed by atoms with Gasteiger partial charge in [-0.3, -0.25) is 9.69 Å². The first-order valence-corrected chi connectivity index (χ1v) is 8.62. The number of piperidine rings is 1. The number of nitrogens with one attached hydrogen (secondary N) is 1.